The van der Waals surface area contributed by atoms with Crippen LogP contribution in [0.3, 0.4) is 0 Å². The number of hydrogen-bond donors (Lipinski definition) is 3. The fourth-order valence-corrected chi connectivity index (χ4v) is 2.31. The summed E-state index contributed by atoms with van der Waals surface area (Å²) in [6, 6.07) is 14.3. The van der Waals surface area contributed by atoms with Crippen LogP contribution in [0.5, 0.6) is 0 Å². The average Bonchev–Trinajstić information content (AvgIpc) is 2.48. The standard InChI is InChI=1S/C19H23N3O2/c1-13(2)10-18(23)21-16-6-8-17(9-7-16)22-19(24)12-14-4-3-5-15(20)11-14/h3-9,11,13H,10,12,20H2,1-2H3,(H,21,23)(H,22,24). The molecule has 0 radical (unpaired) electrons. The summed E-state index contributed by atoms with van der Waals surface area (Å²) in [7, 11) is 0. The van der Waals surface area contributed by atoms with Crippen LogP contribution in [-0.2, 0) is 16.0 Å². The van der Waals surface area contributed by atoms with Crippen molar-refractivity contribution in [1.29, 1.82) is 0 Å². The largest absolute Gasteiger partial charge is 0.399 e. The highest BCUT2D eigenvalue weighted by atomic mass is 16.2. The summed E-state index contributed by atoms with van der Waals surface area (Å²) in [4.78, 5) is 23.8. The summed E-state index contributed by atoms with van der Waals surface area (Å²) < 4.78 is 0. The summed E-state index contributed by atoms with van der Waals surface area (Å²) >= 11 is 0. The summed E-state index contributed by atoms with van der Waals surface area (Å²) in [5.74, 6) is 0.191. The molecule has 2 aromatic carbocycles. The van der Waals surface area contributed by atoms with Crippen LogP contribution in [0.15, 0.2) is 48.5 Å². The highest BCUT2D eigenvalue weighted by Crippen LogP contribution is 2.15. The van der Waals surface area contributed by atoms with Crippen molar-refractivity contribution in [1.82, 2.24) is 0 Å². The maximum atomic E-state index is 12.1. The van der Waals surface area contributed by atoms with Gasteiger partial charge in [0.2, 0.25) is 11.8 Å². The molecule has 24 heavy (non-hydrogen) atoms. The van der Waals surface area contributed by atoms with Crippen LogP contribution in [-0.4, -0.2) is 11.8 Å². The summed E-state index contributed by atoms with van der Waals surface area (Å²) in [5.41, 5.74) is 8.62. The fourth-order valence-electron chi connectivity index (χ4n) is 2.31. The molecular weight excluding hydrogens is 302 g/mol. The Balaban J connectivity index is 1.89. The van der Waals surface area contributed by atoms with Gasteiger partial charge in [-0.05, 0) is 47.9 Å². The number of carbonyl (C=O) groups is 2. The molecule has 0 fully saturated rings. The van der Waals surface area contributed by atoms with Crippen LogP contribution in [0.1, 0.15) is 25.8 Å². The normalized spacial score (nSPS) is 10.5. The van der Waals surface area contributed by atoms with Crippen molar-refractivity contribution in [2.45, 2.75) is 26.7 Å². The first-order chi connectivity index (χ1) is 11.4. The molecule has 0 saturated carbocycles. The molecule has 0 bridgehead atoms. The molecule has 0 aliphatic rings. The van der Waals surface area contributed by atoms with Crippen LogP contribution in [0, 0.1) is 5.92 Å². The Morgan fingerprint density at radius 3 is 2.08 bits per heavy atom. The topological polar surface area (TPSA) is 84.2 Å². The summed E-state index contributed by atoms with van der Waals surface area (Å²) in [5, 5.41) is 5.66. The van der Waals surface area contributed by atoms with E-state index in [1.165, 1.54) is 0 Å². The predicted octanol–water partition coefficient (Wildman–Crippen LogP) is 3.43. The molecule has 4 N–H and O–H groups in total. The molecule has 0 saturated heterocycles. The number of nitrogens with two attached hydrogens (primary N) is 1. The van der Waals surface area contributed by atoms with E-state index in [0.29, 0.717) is 23.7 Å². The van der Waals surface area contributed by atoms with Crippen LogP contribution < -0.4 is 16.4 Å². The quantitative estimate of drug-likeness (QED) is 0.711. The number of nitrogens with one attached hydrogen (secondary N) is 2. The van der Waals surface area contributed by atoms with Crippen molar-refractivity contribution < 1.29 is 9.59 Å². The Morgan fingerprint density at radius 2 is 1.54 bits per heavy atom. The van der Waals surface area contributed by atoms with Gasteiger partial charge in [0.15, 0.2) is 0 Å². The smallest absolute Gasteiger partial charge is 0.228 e. The average molecular weight is 325 g/mol. The van der Waals surface area contributed by atoms with E-state index in [-0.39, 0.29) is 18.2 Å². The van der Waals surface area contributed by atoms with Gasteiger partial charge in [0.1, 0.15) is 0 Å². The first kappa shape index (κ1) is 17.5. The van der Waals surface area contributed by atoms with E-state index in [1.54, 1.807) is 36.4 Å². The maximum Gasteiger partial charge on any atom is 0.228 e. The second-order valence-electron chi connectivity index (χ2n) is 6.19. The van der Waals surface area contributed by atoms with Crippen molar-refractivity contribution >= 4 is 28.9 Å². The van der Waals surface area contributed by atoms with Crippen LogP contribution in [0.4, 0.5) is 17.1 Å². The molecule has 2 rings (SSSR count). The number of amides is 2. The van der Waals surface area contributed by atoms with Crippen molar-refractivity contribution in [3.05, 3.63) is 54.1 Å². The van der Waals surface area contributed by atoms with Gasteiger partial charge in [-0.2, -0.15) is 0 Å². The monoisotopic (exact) mass is 325 g/mol. The summed E-state index contributed by atoms with van der Waals surface area (Å²) in [6.07, 6.45) is 0.747. The Kier molecular flexibility index (Phi) is 5.95. The van der Waals surface area contributed by atoms with Crippen LogP contribution in [0.2, 0.25) is 0 Å². The molecule has 5 heteroatoms. The number of carbonyl (C=O) groups excluding carboxylic acids is 2. The molecule has 2 aromatic rings. The van der Waals surface area contributed by atoms with Gasteiger partial charge in [-0.3, -0.25) is 9.59 Å². The van der Waals surface area contributed by atoms with Gasteiger partial charge in [-0.15, -0.1) is 0 Å². The molecular formula is C19H23N3O2. The second kappa shape index (κ2) is 8.15. The zero-order valence-corrected chi connectivity index (χ0v) is 14.0. The maximum absolute atomic E-state index is 12.1. The van der Waals surface area contributed by atoms with Crippen molar-refractivity contribution in [2.24, 2.45) is 5.92 Å². The fraction of sp³-hybridized carbons (Fsp3) is 0.263. The Hall–Kier alpha value is -2.82. The third-order valence-corrected chi connectivity index (χ3v) is 3.36. The zero-order valence-electron chi connectivity index (χ0n) is 14.0. The molecule has 0 atom stereocenters. The predicted molar refractivity (Wildman–Crippen MR) is 97.7 cm³/mol. The zero-order chi connectivity index (χ0) is 17.5. The first-order valence-electron chi connectivity index (χ1n) is 7.96. The highest BCUT2D eigenvalue weighted by molar-refractivity contribution is 5.93. The SMILES string of the molecule is CC(C)CC(=O)Nc1ccc(NC(=O)Cc2cccc(N)c2)cc1. The van der Waals surface area contributed by atoms with Gasteiger partial charge < -0.3 is 16.4 Å². The van der Waals surface area contributed by atoms with Crippen molar-refractivity contribution in [3.8, 4) is 0 Å². The number of nitrogen functional groups attached to an aromatic ring is 1. The van der Waals surface area contributed by atoms with Gasteiger partial charge >= 0.3 is 0 Å². The van der Waals surface area contributed by atoms with Gasteiger partial charge in [-0.25, -0.2) is 0 Å². The Morgan fingerprint density at radius 1 is 0.958 bits per heavy atom. The molecule has 126 valence electrons. The van der Waals surface area contributed by atoms with Crippen molar-refractivity contribution in [2.75, 3.05) is 16.4 Å². The Bertz CT molecular complexity index is 709. The molecule has 5 nitrogen and oxygen atoms in total. The van der Waals surface area contributed by atoms with Gasteiger partial charge in [0, 0.05) is 23.5 Å². The van der Waals surface area contributed by atoms with Gasteiger partial charge in [-0.1, -0.05) is 26.0 Å². The molecule has 0 unspecified atom stereocenters. The van der Waals surface area contributed by atoms with E-state index in [4.69, 9.17) is 5.73 Å². The van der Waals surface area contributed by atoms with E-state index >= 15 is 0 Å². The minimum atomic E-state index is -0.114. The van der Waals surface area contributed by atoms with Gasteiger partial charge in [0.25, 0.3) is 0 Å². The minimum Gasteiger partial charge on any atom is -0.399 e. The number of benzene rings is 2. The molecule has 0 heterocycles. The molecule has 0 spiro atoms. The van der Waals surface area contributed by atoms with Gasteiger partial charge in [0.05, 0.1) is 6.42 Å². The summed E-state index contributed by atoms with van der Waals surface area (Å²) in [6.45, 7) is 4.00. The Labute approximate surface area is 142 Å². The van der Waals surface area contributed by atoms with Crippen LogP contribution >= 0.6 is 0 Å². The second-order valence-corrected chi connectivity index (χ2v) is 6.19. The third-order valence-electron chi connectivity index (χ3n) is 3.36. The van der Waals surface area contributed by atoms with E-state index in [2.05, 4.69) is 10.6 Å². The lowest BCUT2D eigenvalue weighted by Gasteiger charge is -2.09. The number of anilines is 3. The lowest BCUT2D eigenvalue weighted by atomic mass is 10.1. The first-order valence-corrected chi connectivity index (χ1v) is 7.96. The molecule has 0 aliphatic heterocycles. The van der Waals surface area contributed by atoms with Crippen LogP contribution in [0.25, 0.3) is 0 Å². The van der Waals surface area contributed by atoms with E-state index < -0.39 is 0 Å². The van der Waals surface area contributed by atoms with Crippen molar-refractivity contribution in [3.63, 3.8) is 0 Å². The lowest BCUT2D eigenvalue weighted by Crippen LogP contribution is -2.15. The van der Waals surface area contributed by atoms with E-state index in [1.807, 2.05) is 26.0 Å². The lowest BCUT2D eigenvalue weighted by molar-refractivity contribution is -0.117. The third kappa shape index (κ3) is 5.76. The van der Waals surface area contributed by atoms with E-state index in [0.717, 1.165) is 11.3 Å². The highest BCUT2D eigenvalue weighted by Gasteiger charge is 2.07. The molecule has 0 aliphatic carbocycles. The minimum absolute atomic E-state index is 0.0107. The van der Waals surface area contributed by atoms with E-state index in [9.17, 15) is 9.59 Å². The number of rotatable bonds is 6. The molecule has 0 aromatic heterocycles. The number of hydrogen-bond acceptors (Lipinski definition) is 3. The molecule has 2 amide bonds.